The number of H-pyrrole nitrogens is 1. The van der Waals surface area contributed by atoms with Crippen LogP contribution >= 0.6 is 0 Å². The molecule has 0 bridgehead atoms. The van der Waals surface area contributed by atoms with Crippen molar-refractivity contribution in [2.24, 2.45) is 5.73 Å². The number of primary amides is 1. The van der Waals surface area contributed by atoms with Crippen LogP contribution in [0.4, 0.5) is 5.82 Å². The summed E-state index contributed by atoms with van der Waals surface area (Å²) in [5.74, 6) is 0.179. The maximum atomic E-state index is 11.6. The average molecular weight is 510 g/mol. The number of hydrogen-bond donors (Lipinski definition) is 5. The second kappa shape index (κ2) is 13.9. The van der Waals surface area contributed by atoms with E-state index in [1.165, 1.54) is 12.7 Å². The number of fused-ring (bicyclic) bond motifs is 2. The lowest BCUT2D eigenvalue weighted by atomic mass is 10.1. The molecule has 0 aliphatic carbocycles. The second-order valence-electron chi connectivity index (χ2n) is 8.84. The van der Waals surface area contributed by atoms with Crippen LogP contribution in [0.2, 0.25) is 0 Å². The molecule has 0 saturated carbocycles. The molecule has 1 aliphatic heterocycles. The molecule has 3 aromatic rings. The number of nitrogens with one attached hydrogen (secondary N) is 3. The number of carbonyl (C=O) groups is 3. The Balaban J connectivity index is 0.000000231. The van der Waals surface area contributed by atoms with Gasteiger partial charge in [-0.15, -0.1) is 0 Å². The summed E-state index contributed by atoms with van der Waals surface area (Å²) >= 11 is 0. The predicted molar refractivity (Wildman–Crippen MR) is 142 cm³/mol. The number of hydrogen-bond acceptors (Lipinski definition) is 6. The Bertz CT molecular complexity index is 1220. The first-order chi connectivity index (χ1) is 17.9. The molecule has 37 heavy (non-hydrogen) atoms. The minimum Gasteiger partial charge on any atom is -0.494 e. The maximum absolute atomic E-state index is 11.6. The van der Waals surface area contributed by atoms with Crippen molar-refractivity contribution in [3.05, 3.63) is 53.3 Å². The molecule has 10 heteroatoms. The number of rotatable bonds is 11. The van der Waals surface area contributed by atoms with Gasteiger partial charge in [-0.05, 0) is 62.3 Å². The first-order valence-electron chi connectivity index (χ1n) is 12.5. The molecular weight excluding hydrogens is 474 g/mol. The molecule has 2 aromatic heterocycles. The van der Waals surface area contributed by atoms with Gasteiger partial charge < -0.3 is 31.2 Å². The third kappa shape index (κ3) is 8.23. The summed E-state index contributed by atoms with van der Waals surface area (Å²) in [5.41, 5.74) is 8.72. The first-order valence-corrected chi connectivity index (χ1v) is 12.5. The third-order valence-corrected chi connectivity index (χ3v) is 6.04. The topological polar surface area (TPSA) is 159 Å². The van der Waals surface area contributed by atoms with Gasteiger partial charge in [-0.25, -0.2) is 4.98 Å². The van der Waals surface area contributed by atoms with Gasteiger partial charge in [-0.2, -0.15) is 0 Å². The molecule has 0 unspecified atom stereocenters. The van der Waals surface area contributed by atoms with Crippen molar-refractivity contribution in [2.45, 2.75) is 51.4 Å². The number of aliphatic carboxylic acids is 1. The van der Waals surface area contributed by atoms with E-state index in [0.29, 0.717) is 30.8 Å². The second-order valence-corrected chi connectivity index (χ2v) is 8.84. The van der Waals surface area contributed by atoms with Crippen LogP contribution < -0.4 is 21.1 Å². The number of pyridine rings is 1. The van der Waals surface area contributed by atoms with Gasteiger partial charge in [0.1, 0.15) is 11.5 Å². The molecule has 0 radical (unpaired) electrons. The predicted octanol–water partition coefficient (Wildman–Crippen LogP) is 3.41. The van der Waals surface area contributed by atoms with E-state index in [1.807, 2.05) is 24.3 Å². The highest BCUT2D eigenvalue weighted by Gasteiger charge is 2.15. The number of ether oxygens (including phenoxy) is 1. The Hall–Kier alpha value is -4.08. The molecule has 6 N–H and O–H groups in total. The van der Waals surface area contributed by atoms with Crippen LogP contribution in [-0.4, -0.2) is 53.1 Å². The van der Waals surface area contributed by atoms with Crippen molar-refractivity contribution in [3.63, 3.8) is 0 Å². The Morgan fingerprint density at radius 3 is 2.68 bits per heavy atom. The zero-order valence-corrected chi connectivity index (χ0v) is 21.1. The van der Waals surface area contributed by atoms with Gasteiger partial charge in [0.15, 0.2) is 5.75 Å². The molecule has 198 valence electrons. The lowest BCUT2D eigenvalue weighted by Gasteiger charge is -2.17. The normalized spacial score (nSPS) is 12.0. The number of aromatic nitrogens is 2. The average Bonchev–Trinajstić information content (AvgIpc) is 3.28. The van der Waals surface area contributed by atoms with Crippen molar-refractivity contribution >= 4 is 34.5 Å². The van der Waals surface area contributed by atoms with Gasteiger partial charge >= 0.3 is 5.97 Å². The zero-order valence-electron chi connectivity index (χ0n) is 21.1. The van der Waals surface area contributed by atoms with E-state index in [9.17, 15) is 14.4 Å². The van der Waals surface area contributed by atoms with Gasteiger partial charge in [0.05, 0.1) is 7.11 Å². The molecule has 3 heterocycles. The van der Waals surface area contributed by atoms with E-state index in [1.54, 1.807) is 0 Å². The third-order valence-electron chi connectivity index (χ3n) is 6.04. The number of carbonyl (C=O) groups excluding carboxylic acids is 2. The van der Waals surface area contributed by atoms with E-state index in [-0.39, 0.29) is 12.3 Å². The summed E-state index contributed by atoms with van der Waals surface area (Å²) in [6, 6.07) is 11.7. The Labute approximate surface area is 216 Å². The summed E-state index contributed by atoms with van der Waals surface area (Å²) < 4.78 is 5.13. The van der Waals surface area contributed by atoms with Crippen molar-refractivity contribution in [1.29, 1.82) is 0 Å². The largest absolute Gasteiger partial charge is 0.494 e. The monoisotopic (exact) mass is 509 g/mol. The number of carboxylic acid groups (broad SMARTS) is 1. The molecule has 1 aromatic carbocycles. The van der Waals surface area contributed by atoms with Crippen LogP contribution in [0.25, 0.3) is 10.9 Å². The highest BCUT2D eigenvalue weighted by molar-refractivity contribution is 6.02. The Kier molecular flexibility index (Phi) is 10.3. The molecule has 4 rings (SSSR count). The number of amides is 2. The molecule has 0 saturated heterocycles. The quantitative estimate of drug-likeness (QED) is 0.248. The fourth-order valence-electron chi connectivity index (χ4n) is 4.16. The van der Waals surface area contributed by atoms with Crippen LogP contribution in [-0.2, 0) is 22.4 Å². The Morgan fingerprint density at radius 2 is 1.92 bits per heavy atom. The fraction of sp³-hybridized carbons (Fsp3) is 0.407. The number of methoxy groups -OCH3 is 1. The molecular formula is C27H35N5O5. The summed E-state index contributed by atoms with van der Waals surface area (Å²) in [6.07, 6.45) is 5.93. The SMILES string of the molecule is COc1c(C(N)=O)[nH]c2ccccc12.O=C(O)CCCNC(=O)CCCCc1ccc2c(n1)NCCC2. The van der Waals surface area contributed by atoms with Crippen LogP contribution in [0.3, 0.4) is 0 Å². The smallest absolute Gasteiger partial charge is 0.303 e. The number of anilines is 1. The van der Waals surface area contributed by atoms with E-state index < -0.39 is 11.9 Å². The van der Waals surface area contributed by atoms with Gasteiger partial charge in [0.25, 0.3) is 5.91 Å². The van der Waals surface area contributed by atoms with Crippen LogP contribution in [0.15, 0.2) is 36.4 Å². The molecule has 0 spiro atoms. The summed E-state index contributed by atoms with van der Waals surface area (Å²) in [5, 5.41) is 15.5. The number of para-hydroxylation sites is 1. The fourth-order valence-corrected chi connectivity index (χ4v) is 4.16. The number of nitrogens with two attached hydrogens (primary N) is 1. The van der Waals surface area contributed by atoms with Crippen LogP contribution in [0.5, 0.6) is 5.75 Å². The molecule has 0 atom stereocenters. The van der Waals surface area contributed by atoms with E-state index >= 15 is 0 Å². The van der Waals surface area contributed by atoms with Gasteiger partial charge in [0.2, 0.25) is 5.91 Å². The number of aromatic amines is 1. The van der Waals surface area contributed by atoms with E-state index in [0.717, 1.165) is 61.1 Å². The first kappa shape index (κ1) is 27.5. The standard InChI is InChI=1S/C17H25N3O3.C10H10N2O2/c21-15(18-11-4-8-16(22)23)7-2-1-6-14-10-9-13-5-3-12-19-17(13)20-14;1-14-9-6-4-2-3-5-7(6)12-8(9)10(11)13/h9-10H,1-8,11-12H2,(H,18,21)(H,19,20)(H,22,23);2-5,12H,1H3,(H2,11,13). The molecule has 10 nitrogen and oxygen atoms in total. The van der Waals surface area contributed by atoms with Crippen LogP contribution in [0.1, 0.15) is 60.3 Å². The van der Waals surface area contributed by atoms with Crippen molar-refractivity contribution in [1.82, 2.24) is 15.3 Å². The van der Waals surface area contributed by atoms with Crippen molar-refractivity contribution in [2.75, 3.05) is 25.5 Å². The molecule has 1 aliphatic rings. The number of carboxylic acids is 1. The molecule has 2 amide bonds. The lowest BCUT2D eigenvalue weighted by Crippen LogP contribution is -2.24. The Morgan fingerprint density at radius 1 is 1.11 bits per heavy atom. The van der Waals surface area contributed by atoms with Crippen LogP contribution in [0, 0.1) is 0 Å². The summed E-state index contributed by atoms with van der Waals surface area (Å²) in [6.45, 7) is 1.43. The number of nitrogens with zero attached hydrogens (tertiary/aromatic N) is 1. The number of unbranched alkanes of at least 4 members (excludes halogenated alkanes) is 1. The van der Waals surface area contributed by atoms with Crippen molar-refractivity contribution < 1.29 is 24.2 Å². The zero-order chi connectivity index (χ0) is 26.6. The van der Waals surface area contributed by atoms with E-state index in [4.69, 9.17) is 15.6 Å². The number of benzene rings is 1. The maximum Gasteiger partial charge on any atom is 0.303 e. The summed E-state index contributed by atoms with van der Waals surface area (Å²) in [4.78, 5) is 40.6. The van der Waals surface area contributed by atoms with Gasteiger partial charge in [-0.1, -0.05) is 18.2 Å². The molecule has 0 fully saturated rings. The van der Waals surface area contributed by atoms with E-state index in [2.05, 4.69) is 32.7 Å². The lowest BCUT2D eigenvalue weighted by molar-refractivity contribution is -0.137. The highest BCUT2D eigenvalue weighted by atomic mass is 16.5. The minimum absolute atomic E-state index is 0.00421. The number of aryl methyl sites for hydroxylation is 2. The highest BCUT2D eigenvalue weighted by Crippen LogP contribution is 2.29. The summed E-state index contributed by atoms with van der Waals surface area (Å²) in [7, 11) is 1.52. The minimum atomic E-state index is -0.828. The van der Waals surface area contributed by atoms with Crippen molar-refractivity contribution in [3.8, 4) is 5.75 Å². The van der Waals surface area contributed by atoms with Gasteiger partial charge in [-0.3, -0.25) is 14.4 Å². The van der Waals surface area contributed by atoms with Gasteiger partial charge in [0, 0.05) is 42.5 Å².